The van der Waals surface area contributed by atoms with Crippen LogP contribution in [0.25, 0.3) is 0 Å². The van der Waals surface area contributed by atoms with Crippen LogP contribution in [0, 0.1) is 10.1 Å². The molecule has 0 amide bonds. The average molecular weight is 389 g/mol. The van der Waals surface area contributed by atoms with Crippen LogP contribution in [-0.2, 0) is 22.3 Å². The quantitative estimate of drug-likeness (QED) is 0.560. The molecule has 0 aliphatic carbocycles. The number of nitro groups is 1. The Morgan fingerprint density at radius 2 is 1.59 bits per heavy atom. The summed E-state index contributed by atoms with van der Waals surface area (Å²) in [6.45, 7) is 3.33. The smallest absolute Gasteiger partial charge is 0.269 e. The van der Waals surface area contributed by atoms with Gasteiger partial charge in [-0.15, -0.1) is 0 Å². The molecule has 0 saturated carbocycles. The SMILES string of the molecule is O=[N+]([O-])c1ccc(CS(=O)(=O)N2CCCN(Cc3ccccc3)CC2)cc1. The first-order valence-electron chi connectivity index (χ1n) is 8.91. The fraction of sp³-hybridized carbons (Fsp3) is 0.368. The highest BCUT2D eigenvalue weighted by Crippen LogP contribution is 2.18. The number of hydrogen-bond donors (Lipinski definition) is 0. The molecule has 2 aromatic rings. The van der Waals surface area contributed by atoms with Crippen LogP contribution < -0.4 is 0 Å². The highest BCUT2D eigenvalue weighted by Gasteiger charge is 2.25. The van der Waals surface area contributed by atoms with E-state index in [0.29, 0.717) is 25.2 Å². The lowest BCUT2D eigenvalue weighted by Crippen LogP contribution is -2.35. The van der Waals surface area contributed by atoms with Gasteiger partial charge in [-0.25, -0.2) is 12.7 Å². The number of hydrogen-bond acceptors (Lipinski definition) is 5. The first-order valence-corrected chi connectivity index (χ1v) is 10.5. The minimum absolute atomic E-state index is 0.0394. The summed E-state index contributed by atoms with van der Waals surface area (Å²) >= 11 is 0. The summed E-state index contributed by atoms with van der Waals surface area (Å²) in [6.07, 6.45) is 0.784. The van der Waals surface area contributed by atoms with Gasteiger partial charge < -0.3 is 0 Å². The molecular formula is C19H23N3O4S. The van der Waals surface area contributed by atoms with Crippen LogP contribution in [0.15, 0.2) is 54.6 Å². The molecule has 27 heavy (non-hydrogen) atoms. The van der Waals surface area contributed by atoms with Crippen molar-refractivity contribution in [3.05, 3.63) is 75.8 Å². The Morgan fingerprint density at radius 3 is 2.26 bits per heavy atom. The van der Waals surface area contributed by atoms with E-state index in [0.717, 1.165) is 19.5 Å². The van der Waals surface area contributed by atoms with E-state index in [4.69, 9.17) is 0 Å². The summed E-state index contributed by atoms with van der Waals surface area (Å²) in [6, 6.07) is 15.9. The fourth-order valence-electron chi connectivity index (χ4n) is 3.24. The summed E-state index contributed by atoms with van der Waals surface area (Å²) in [5.41, 5.74) is 1.74. The molecule has 0 bridgehead atoms. The third kappa shape index (κ3) is 5.35. The normalized spacial score (nSPS) is 16.7. The van der Waals surface area contributed by atoms with Crippen molar-refractivity contribution in [1.82, 2.24) is 9.21 Å². The van der Waals surface area contributed by atoms with E-state index in [9.17, 15) is 18.5 Å². The van der Waals surface area contributed by atoms with Gasteiger partial charge >= 0.3 is 0 Å². The Hall–Kier alpha value is -2.29. The molecule has 0 atom stereocenters. The van der Waals surface area contributed by atoms with E-state index in [1.165, 1.54) is 29.8 Å². The highest BCUT2D eigenvalue weighted by atomic mass is 32.2. The van der Waals surface area contributed by atoms with Gasteiger partial charge in [0.15, 0.2) is 0 Å². The highest BCUT2D eigenvalue weighted by molar-refractivity contribution is 7.88. The number of non-ortho nitro benzene ring substituents is 1. The van der Waals surface area contributed by atoms with Gasteiger partial charge in [-0.3, -0.25) is 15.0 Å². The molecule has 1 aliphatic rings. The lowest BCUT2D eigenvalue weighted by Gasteiger charge is -2.22. The maximum absolute atomic E-state index is 12.8. The van der Waals surface area contributed by atoms with Gasteiger partial charge in [-0.05, 0) is 24.1 Å². The predicted molar refractivity (Wildman–Crippen MR) is 104 cm³/mol. The summed E-state index contributed by atoms with van der Waals surface area (Å²) in [5, 5.41) is 10.7. The van der Waals surface area contributed by atoms with E-state index in [-0.39, 0.29) is 11.4 Å². The van der Waals surface area contributed by atoms with Crippen molar-refractivity contribution in [2.24, 2.45) is 0 Å². The Balaban J connectivity index is 1.60. The number of nitrogens with zero attached hydrogens (tertiary/aromatic N) is 3. The summed E-state index contributed by atoms with van der Waals surface area (Å²) in [5.74, 6) is -0.135. The monoisotopic (exact) mass is 389 g/mol. The maximum Gasteiger partial charge on any atom is 0.269 e. The Bertz CT molecular complexity index is 870. The molecule has 1 heterocycles. The van der Waals surface area contributed by atoms with Crippen molar-refractivity contribution in [3.8, 4) is 0 Å². The number of benzene rings is 2. The molecule has 1 aliphatic heterocycles. The lowest BCUT2D eigenvalue weighted by atomic mass is 10.2. The van der Waals surface area contributed by atoms with Crippen molar-refractivity contribution in [1.29, 1.82) is 0 Å². The van der Waals surface area contributed by atoms with Crippen molar-refractivity contribution in [3.63, 3.8) is 0 Å². The number of sulfonamides is 1. The maximum atomic E-state index is 12.8. The van der Waals surface area contributed by atoms with E-state index >= 15 is 0 Å². The molecule has 3 rings (SSSR count). The number of rotatable bonds is 6. The second kappa shape index (κ2) is 8.60. The van der Waals surface area contributed by atoms with Crippen LogP contribution >= 0.6 is 0 Å². The summed E-state index contributed by atoms with van der Waals surface area (Å²) < 4.78 is 27.1. The Labute approximate surface area is 159 Å². The standard InChI is InChI=1S/C19H23N3O4S/c23-22(24)19-9-7-18(8-10-19)16-27(25,26)21-12-4-11-20(13-14-21)15-17-5-2-1-3-6-17/h1-3,5-10H,4,11-16H2. The van der Waals surface area contributed by atoms with Crippen molar-refractivity contribution in [2.45, 2.75) is 18.7 Å². The fourth-order valence-corrected chi connectivity index (χ4v) is 4.80. The summed E-state index contributed by atoms with van der Waals surface area (Å²) in [4.78, 5) is 12.5. The topological polar surface area (TPSA) is 83.8 Å². The average Bonchev–Trinajstić information content (AvgIpc) is 2.89. The van der Waals surface area contributed by atoms with E-state index < -0.39 is 14.9 Å². The van der Waals surface area contributed by atoms with Crippen molar-refractivity contribution in [2.75, 3.05) is 26.2 Å². The molecule has 1 saturated heterocycles. The van der Waals surface area contributed by atoms with Crippen LogP contribution in [0.5, 0.6) is 0 Å². The first-order chi connectivity index (χ1) is 12.9. The van der Waals surface area contributed by atoms with Gasteiger partial charge in [0.1, 0.15) is 0 Å². The zero-order chi connectivity index (χ0) is 19.3. The molecule has 0 aromatic heterocycles. The van der Waals surface area contributed by atoms with E-state index in [1.54, 1.807) is 4.31 Å². The predicted octanol–water partition coefficient (Wildman–Crippen LogP) is 2.63. The van der Waals surface area contributed by atoms with Gasteiger partial charge in [-0.1, -0.05) is 42.5 Å². The second-order valence-electron chi connectivity index (χ2n) is 6.69. The Kier molecular flexibility index (Phi) is 6.20. The van der Waals surface area contributed by atoms with Crippen LogP contribution in [0.4, 0.5) is 5.69 Å². The van der Waals surface area contributed by atoms with Gasteiger partial charge in [-0.2, -0.15) is 0 Å². The Morgan fingerprint density at radius 1 is 0.889 bits per heavy atom. The minimum Gasteiger partial charge on any atom is -0.298 e. The van der Waals surface area contributed by atoms with Gasteiger partial charge in [0.05, 0.1) is 10.7 Å². The third-order valence-electron chi connectivity index (χ3n) is 4.69. The first kappa shape index (κ1) is 19.5. The molecule has 1 fully saturated rings. The zero-order valence-corrected chi connectivity index (χ0v) is 15.8. The van der Waals surface area contributed by atoms with Gasteiger partial charge in [0, 0.05) is 38.3 Å². The molecule has 0 unspecified atom stereocenters. The molecule has 8 heteroatoms. The van der Waals surface area contributed by atoms with Crippen molar-refractivity contribution < 1.29 is 13.3 Å². The minimum atomic E-state index is -3.45. The van der Waals surface area contributed by atoms with E-state index in [1.807, 2.05) is 18.2 Å². The molecule has 0 spiro atoms. The third-order valence-corrected chi connectivity index (χ3v) is 6.54. The van der Waals surface area contributed by atoms with Gasteiger partial charge in [0.2, 0.25) is 10.0 Å². The molecule has 7 nitrogen and oxygen atoms in total. The molecule has 144 valence electrons. The molecular weight excluding hydrogens is 366 g/mol. The van der Waals surface area contributed by atoms with Crippen LogP contribution in [0.1, 0.15) is 17.5 Å². The molecule has 0 N–H and O–H groups in total. The van der Waals surface area contributed by atoms with Crippen LogP contribution in [0.3, 0.4) is 0 Å². The zero-order valence-electron chi connectivity index (χ0n) is 15.0. The molecule has 0 radical (unpaired) electrons. The number of nitro benzene ring substituents is 1. The van der Waals surface area contributed by atoms with Crippen LogP contribution in [-0.4, -0.2) is 48.7 Å². The van der Waals surface area contributed by atoms with Crippen molar-refractivity contribution >= 4 is 15.7 Å². The second-order valence-corrected chi connectivity index (χ2v) is 8.66. The van der Waals surface area contributed by atoms with Gasteiger partial charge in [0.25, 0.3) is 5.69 Å². The summed E-state index contributed by atoms with van der Waals surface area (Å²) in [7, 11) is -3.45. The largest absolute Gasteiger partial charge is 0.298 e. The molecule has 2 aromatic carbocycles. The lowest BCUT2D eigenvalue weighted by molar-refractivity contribution is -0.384. The van der Waals surface area contributed by atoms with Crippen LogP contribution in [0.2, 0.25) is 0 Å². The van der Waals surface area contributed by atoms with E-state index in [2.05, 4.69) is 17.0 Å².